The fourth-order valence-electron chi connectivity index (χ4n) is 1.71. The molecule has 0 amide bonds. The van der Waals surface area contributed by atoms with Gasteiger partial charge in [0.15, 0.2) is 0 Å². The van der Waals surface area contributed by atoms with Crippen LogP contribution in [0.4, 0.5) is 8.78 Å². The topological polar surface area (TPSA) is 0 Å². The molecule has 94 valence electrons. The molecule has 0 saturated heterocycles. The third-order valence-electron chi connectivity index (χ3n) is 2.71. The zero-order chi connectivity index (χ0) is 13.3. The Morgan fingerprint density at radius 2 is 1.83 bits per heavy atom. The fourth-order valence-corrected chi connectivity index (χ4v) is 3.01. The van der Waals surface area contributed by atoms with Gasteiger partial charge in [-0.1, -0.05) is 18.2 Å². The lowest BCUT2D eigenvalue weighted by atomic mass is 10.0. The number of aryl methyl sites for hydroxylation is 1. The Balaban J connectivity index is 2.41. The lowest BCUT2D eigenvalue weighted by molar-refractivity contribution is 0.617. The average molecular weight is 379 g/mol. The number of benzene rings is 2. The number of rotatable bonds is 2. The van der Waals surface area contributed by atoms with Crippen molar-refractivity contribution in [3.63, 3.8) is 0 Å². The summed E-state index contributed by atoms with van der Waals surface area (Å²) in [5.74, 6) is -0.543. The first-order chi connectivity index (χ1) is 8.49. The molecule has 1 unspecified atom stereocenters. The Labute approximate surface area is 123 Å². The summed E-state index contributed by atoms with van der Waals surface area (Å²) in [5, 5.41) is -0.406. The highest BCUT2D eigenvalue weighted by molar-refractivity contribution is 14.1. The maximum Gasteiger partial charge on any atom is 0.126 e. The summed E-state index contributed by atoms with van der Waals surface area (Å²) < 4.78 is 27.0. The van der Waals surface area contributed by atoms with Crippen LogP contribution >= 0.6 is 34.2 Å². The van der Waals surface area contributed by atoms with E-state index in [1.165, 1.54) is 18.2 Å². The highest BCUT2D eigenvalue weighted by Gasteiger charge is 2.15. The van der Waals surface area contributed by atoms with Gasteiger partial charge in [0.25, 0.3) is 0 Å². The van der Waals surface area contributed by atoms with E-state index in [2.05, 4.69) is 0 Å². The van der Waals surface area contributed by atoms with Crippen molar-refractivity contribution in [1.29, 1.82) is 0 Å². The van der Waals surface area contributed by atoms with E-state index in [0.29, 0.717) is 5.56 Å². The lowest BCUT2D eigenvalue weighted by Gasteiger charge is -2.13. The van der Waals surface area contributed by atoms with Gasteiger partial charge in [0.05, 0.1) is 5.38 Å². The molecule has 0 heterocycles. The molecular formula is C14H10ClF2I. The van der Waals surface area contributed by atoms with Crippen LogP contribution in [0.3, 0.4) is 0 Å². The second-order valence-electron chi connectivity index (χ2n) is 4.04. The highest BCUT2D eigenvalue weighted by atomic mass is 127. The zero-order valence-electron chi connectivity index (χ0n) is 9.55. The van der Waals surface area contributed by atoms with Gasteiger partial charge in [0.1, 0.15) is 11.6 Å². The summed E-state index contributed by atoms with van der Waals surface area (Å²) in [7, 11) is 0. The van der Waals surface area contributed by atoms with Crippen LogP contribution in [-0.2, 0) is 0 Å². The Morgan fingerprint density at radius 3 is 2.44 bits per heavy atom. The first kappa shape index (κ1) is 13.7. The van der Waals surface area contributed by atoms with Gasteiger partial charge in [0, 0.05) is 3.57 Å². The minimum Gasteiger partial charge on any atom is -0.207 e. The van der Waals surface area contributed by atoms with Gasteiger partial charge in [-0.15, -0.1) is 11.6 Å². The van der Waals surface area contributed by atoms with Crippen LogP contribution in [0.1, 0.15) is 22.1 Å². The van der Waals surface area contributed by atoms with Crippen molar-refractivity contribution in [1.82, 2.24) is 0 Å². The predicted molar refractivity (Wildman–Crippen MR) is 78.0 cm³/mol. The van der Waals surface area contributed by atoms with Crippen LogP contribution in [-0.4, -0.2) is 0 Å². The third-order valence-corrected chi connectivity index (χ3v) is 4.13. The first-order valence-corrected chi connectivity index (χ1v) is 6.85. The summed E-state index contributed by atoms with van der Waals surface area (Å²) in [4.78, 5) is 0. The van der Waals surface area contributed by atoms with E-state index in [1.807, 2.05) is 22.6 Å². The molecule has 0 aliphatic rings. The molecule has 4 heteroatoms. The summed E-state index contributed by atoms with van der Waals surface area (Å²) in [6.45, 7) is 1.69. The van der Waals surface area contributed by atoms with Crippen molar-refractivity contribution in [2.24, 2.45) is 0 Å². The van der Waals surface area contributed by atoms with Gasteiger partial charge < -0.3 is 0 Å². The Morgan fingerprint density at radius 1 is 1.11 bits per heavy atom. The van der Waals surface area contributed by atoms with Crippen molar-refractivity contribution in [3.8, 4) is 0 Å². The standard InChI is InChI=1S/C14H10ClF2I/c1-8-6-9(2-5-12(8)17)14(15)11-4-3-10(16)7-13(11)18/h2-7,14H,1H3. The van der Waals surface area contributed by atoms with Gasteiger partial charge in [-0.3, -0.25) is 0 Å². The van der Waals surface area contributed by atoms with Crippen molar-refractivity contribution in [2.45, 2.75) is 12.3 Å². The quantitative estimate of drug-likeness (QED) is 0.497. The molecule has 0 spiro atoms. The van der Waals surface area contributed by atoms with E-state index in [1.54, 1.807) is 25.1 Å². The molecule has 0 aromatic heterocycles. The molecule has 0 fully saturated rings. The molecule has 2 aromatic rings. The van der Waals surface area contributed by atoms with Crippen LogP contribution in [0.15, 0.2) is 36.4 Å². The molecule has 0 bridgehead atoms. The van der Waals surface area contributed by atoms with E-state index in [9.17, 15) is 8.78 Å². The molecule has 0 saturated carbocycles. The van der Waals surface area contributed by atoms with Gasteiger partial charge in [-0.25, -0.2) is 8.78 Å². The maximum absolute atomic E-state index is 13.2. The lowest BCUT2D eigenvalue weighted by Crippen LogP contribution is -1.98. The van der Waals surface area contributed by atoms with Crippen LogP contribution in [0.5, 0.6) is 0 Å². The Bertz CT molecular complexity index is 584. The largest absolute Gasteiger partial charge is 0.207 e. The summed E-state index contributed by atoms with van der Waals surface area (Å²) in [6.07, 6.45) is 0. The molecule has 0 aliphatic carbocycles. The zero-order valence-corrected chi connectivity index (χ0v) is 12.5. The molecule has 0 N–H and O–H groups in total. The van der Waals surface area contributed by atoms with E-state index in [4.69, 9.17) is 11.6 Å². The summed E-state index contributed by atoms with van der Waals surface area (Å²) in [6, 6.07) is 9.24. The third kappa shape index (κ3) is 2.83. The maximum atomic E-state index is 13.2. The normalized spacial score (nSPS) is 12.5. The van der Waals surface area contributed by atoms with E-state index >= 15 is 0 Å². The second kappa shape index (κ2) is 5.53. The predicted octanol–water partition coefficient (Wildman–Crippen LogP) is 5.21. The first-order valence-electron chi connectivity index (χ1n) is 5.34. The molecule has 2 aromatic carbocycles. The van der Waals surface area contributed by atoms with Crippen molar-refractivity contribution >= 4 is 34.2 Å². The van der Waals surface area contributed by atoms with Crippen LogP contribution < -0.4 is 0 Å². The molecule has 0 nitrogen and oxygen atoms in total. The minimum absolute atomic E-state index is 0.253. The van der Waals surface area contributed by atoms with Gasteiger partial charge >= 0.3 is 0 Å². The van der Waals surface area contributed by atoms with Crippen LogP contribution in [0.25, 0.3) is 0 Å². The van der Waals surface area contributed by atoms with Gasteiger partial charge in [0.2, 0.25) is 0 Å². The Kier molecular flexibility index (Phi) is 4.22. The van der Waals surface area contributed by atoms with Crippen LogP contribution in [0.2, 0.25) is 0 Å². The number of hydrogen-bond donors (Lipinski definition) is 0. The van der Waals surface area contributed by atoms with E-state index in [0.717, 1.165) is 14.7 Å². The van der Waals surface area contributed by atoms with Gasteiger partial charge in [-0.05, 0) is 64.4 Å². The second-order valence-corrected chi connectivity index (χ2v) is 5.64. The Hall–Kier alpha value is -0.680. The molecule has 2 rings (SSSR count). The molecule has 0 radical (unpaired) electrons. The molecular weight excluding hydrogens is 369 g/mol. The highest BCUT2D eigenvalue weighted by Crippen LogP contribution is 2.32. The SMILES string of the molecule is Cc1cc(C(Cl)c2ccc(F)cc2I)ccc1F. The number of alkyl halides is 1. The van der Waals surface area contributed by atoms with E-state index in [-0.39, 0.29) is 11.6 Å². The molecule has 18 heavy (non-hydrogen) atoms. The average Bonchev–Trinajstić information content (AvgIpc) is 2.32. The monoisotopic (exact) mass is 378 g/mol. The summed E-state index contributed by atoms with van der Waals surface area (Å²) in [5.41, 5.74) is 2.18. The molecule has 1 atom stereocenters. The van der Waals surface area contributed by atoms with Crippen LogP contribution in [0, 0.1) is 22.1 Å². The van der Waals surface area contributed by atoms with Crippen molar-refractivity contribution < 1.29 is 8.78 Å². The molecule has 0 aliphatic heterocycles. The van der Waals surface area contributed by atoms with Gasteiger partial charge in [-0.2, -0.15) is 0 Å². The smallest absolute Gasteiger partial charge is 0.126 e. The van der Waals surface area contributed by atoms with E-state index < -0.39 is 5.38 Å². The van der Waals surface area contributed by atoms with Crippen molar-refractivity contribution in [3.05, 3.63) is 68.3 Å². The number of hydrogen-bond acceptors (Lipinski definition) is 0. The van der Waals surface area contributed by atoms with Crippen molar-refractivity contribution in [2.75, 3.05) is 0 Å². The fraction of sp³-hybridized carbons (Fsp3) is 0.143. The summed E-state index contributed by atoms with van der Waals surface area (Å²) >= 11 is 8.41. The minimum atomic E-state index is -0.406. The number of halogens is 4.